The summed E-state index contributed by atoms with van der Waals surface area (Å²) in [5.41, 5.74) is 0.340. The summed E-state index contributed by atoms with van der Waals surface area (Å²) in [7, 11) is 4.06. The summed E-state index contributed by atoms with van der Waals surface area (Å²) >= 11 is 0. The van der Waals surface area contributed by atoms with Crippen LogP contribution in [-0.2, 0) is 0 Å². The van der Waals surface area contributed by atoms with Gasteiger partial charge >= 0.3 is 0 Å². The molecule has 0 aromatic heterocycles. The Hall–Kier alpha value is -3.29. The van der Waals surface area contributed by atoms with Crippen LogP contribution in [0.5, 0.6) is 40.2 Å². The molecule has 0 saturated carbocycles. The van der Waals surface area contributed by atoms with E-state index in [-0.39, 0.29) is 46.7 Å². The van der Waals surface area contributed by atoms with Crippen molar-refractivity contribution < 1.29 is 39.1 Å². The van der Waals surface area contributed by atoms with Gasteiger partial charge in [-0.15, -0.1) is 0 Å². The van der Waals surface area contributed by atoms with Gasteiger partial charge in [0.2, 0.25) is 11.5 Å². The van der Waals surface area contributed by atoms with Crippen LogP contribution in [0, 0.1) is 0 Å². The summed E-state index contributed by atoms with van der Waals surface area (Å²) in [5, 5.41) is 30.3. The molecule has 1 aliphatic rings. The van der Waals surface area contributed by atoms with Crippen molar-refractivity contribution in [2.45, 2.75) is 5.92 Å². The molecule has 0 bridgehead atoms. The fourth-order valence-corrected chi connectivity index (χ4v) is 3.00. The van der Waals surface area contributed by atoms with Crippen molar-refractivity contribution in [3.63, 3.8) is 0 Å². The van der Waals surface area contributed by atoms with Gasteiger partial charge in [-0.3, -0.25) is 4.79 Å². The average Bonchev–Trinajstić information content (AvgIpc) is 2.61. The SMILES string of the molecule is COc1cc([C@@H]2COc3cc(O)c(OC)c(O)c3C2=O)cc(O)c1OC. The molecule has 1 aliphatic heterocycles. The number of hydrogen-bond donors (Lipinski definition) is 3. The number of benzene rings is 2. The molecule has 0 spiro atoms. The first-order valence-corrected chi connectivity index (χ1v) is 7.67. The van der Waals surface area contributed by atoms with E-state index in [4.69, 9.17) is 18.9 Å². The zero-order valence-electron chi connectivity index (χ0n) is 14.4. The highest BCUT2D eigenvalue weighted by atomic mass is 16.5. The fraction of sp³-hybridized carbons (Fsp3) is 0.278. The van der Waals surface area contributed by atoms with E-state index in [0.717, 1.165) is 0 Å². The van der Waals surface area contributed by atoms with Gasteiger partial charge in [-0.2, -0.15) is 0 Å². The van der Waals surface area contributed by atoms with Crippen LogP contribution in [-0.4, -0.2) is 49.0 Å². The Morgan fingerprint density at radius 1 is 0.962 bits per heavy atom. The Balaban J connectivity index is 2.09. The molecule has 26 heavy (non-hydrogen) atoms. The van der Waals surface area contributed by atoms with Gasteiger partial charge in [-0.05, 0) is 17.7 Å². The van der Waals surface area contributed by atoms with E-state index >= 15 is 0 Å². The standard InChI is InChI=1S/C18H18O8/c1-23-13-5-8(4-10(19)17(13)24-2)9-7-26-12-6-11(20)18(25-3)16(22)14(12)15(9)21/h4-6,9,19-20,22H,7H2,1-3H3/t9-/m0/s1. The Labute approximate surface area is 149 Å². The van der Waals surface area contributed by atoms with E-state index in [1.54, 1.807) is 6.07 Å². The van der Waals surface area contributed by atoms with Crippen LogP contribution in [0.2, 0.25) is 0 Å². The Bertz CT molecular complexity index is 874. The van der Waals surface area contributed by atoms with Gasteiger partial charge in [-0.1, -0.05) is 0 Å². The molecule has 8 heteroatoms. The zero-order valence-corrected chi connectivity index (χ0v) is 14.4. The quantitative estimate of drug-likeness (QED) is 0.758. The van der Waals surface area contributed by atoms with Crippen LogP contribution in [0.4, 0.5) is 0 Å². The minimum atomic E-state index is -0.798. The first-order valence-electron chi connectivity index (χ1n) is 7.67. The van der Waals surface area contributed by atoms with Gasteiger partial charge in [0.25, 0.3) is 0 Å². The highest BCUT2D eigenvalue weighted by Gasteiger charge is 2.36. The summed E-state index contributed by atoms with van der Waals surface area (Å²) in [6.07, 6.45) is 0. The number of Topliss-reactive ketones (excluding diaryl/α,β-unsaturated/α-hetero) is 1. The summed E-state index contributed by atoms with van der Waals surface area (Å²) in [4.78, 5) is 13.0. The maximum atomic E-state index is 13.0. The van der Waals surface area contributed by atoms with Crippen LogP contribution in [0.25, 0.3) is 0 Å². The molecule has 8 nitrogen and oxygen atoms in total. The lowest BCUT2D eigenvalue weighted by atomic mass is 9.88. The second kappa shape index (κ2) is 6.55. The van der Waals surface area contributed by atoms with E-state index in [1.165, 1.54) is 33.5 Å². The molecule has 2 aromatic rings. The maximum Gasteiger partial charge on any atom is 0.203 e. The van der Waals surface area contributed by atoms with Crippen LogP contribution < -0.4 is 18.9 Å². The third-order valence-electron chi connectivity index (χ3n) is 4.26. The van der Waals surface area contributed by atoms with E-state index < -0.39 is 17.5 Å². The number of ketones is 1. The van der Waals surface area contributed by atoms with Crippen LogP contribution >= 0.6 is 0 Å². The second-order valence-corrected chi connectivity index (χ2v) is 5.65. The van der Waals surface area contributed by atoms with Crippen molar-refractivity contribution >= 4 is 5.78 Å². The lowest BCUT2D eigenvalue weighted by molar-refractivity contribution is 0.0890. The Morgan fingerprint density at radius 3 is 2.23 bits per heavy atom. The van der Waals surface area contributed by atoms with Crippen molar-refractivity contribution in [2.75, 3.05) is 27.9 Å². The Kier molecular flexibility index (Phi) is 4.41. The molecule has 138 valence electrons. The number of carbonyl (C=O) groups excluding carboxylic acids is 1. The first-order chi connectivity index (χ1) is 12.4. The van der Waals surface area contributed by atoms with Crippen molar-refractivity contribution in [1.29, 1.82) is 0 Å². The molecule has 0 unspecified atom stereocenters. The van der Waals surface area contributed by atoms with Crippen molar-refractivity contribution in [2.24, 2.45) is 0 Å². The zero-order chi connectivity index (χ0) is 19.0. The number of hydrogen-bond acceptors (Lipinski definition) is 8. The van der Waals surface area contributed by atoms with Crippen molar-refractivity contribution in [3.8, 4) is 40.2 Å². The monoisotopic (exact) mass is 362 g/mol. The molecule has 0 amide bonds. The summed E-state index contributed by atoms with van der Waals surface area (Å²) in [6.45, 7) is -0.0357. The lowest BCUT2D eigenvalue weighted by Crippen LogP contribution is -2.26. The maximum absolute atomic E-state index is 13.0. The molecule has 0 radical (unpaired) electrons. The largest absolute Gasteiger partial charge is 0.504 e. The molecule has 0 aliphatic carbocycles. The van der Waals surface area contributed by atoms with Crippen LogP contribution in [0.3, 0.4) is 0 Å². The average molecular weight is 362 g/mol. The Morgan fingerprint density at radius 2 is 1.62 bits per heavy atom. The number of ether oxygens (including phenoxy) is 4. The predicted octanol–water partition coefficient (Wildman–Crippen LogP) is 2.19. The topological polar surface area (TPSA) is 115 Å². The normalized spacial score (nSPS) is 15.8. The van der Waals surface area contributed by atoms with Gasteiger partial charge in [0, 0.05) is 6.07 Å². The first kappa shape index (κ1) is 17.5. The van der Waals surface area contributed by atoms with Crippen LogP contribution in [0.1, 0.15) is 21.8 Å². The van der Waals surface area contributed by atoms with Gasteiger partial charge in [0.05, 0.1) is 27.2 Å². The van der Waals surface area contributed by atoms with Crippen LogP contribution in [0.15, 0.2) is 18.2 Å². The molecular formula is C18H18O8. The minimum absolute atomic E-state index is 0.0357. The number of rotatable bonds is 4. The van der Waals surface area contributed by atoms with E-state index in [9.17, 15) is 20.1 Å². The molecule has 1 heterocycles. The van der Waals surface area contributed by atoms with E-state index in [1.807, 2.05) is 0 Å². The number of phenols is 3. The van der Waals surface area contributed by atoms with Gasteiger partial charge in [-0.25, -0.2) is 0 Å². The van der Waals surface area contributed by atoms with Crippen molar-refractivity contribution in [3.05, 3.63) is 29.3 Å². The number of carbonyl (C=O) groups is 1. The third kappa shape index (κ3) is 2.59. The number of methoxy groups -OCH3 is 3. The van der Waals surface area contributed by atoms with Gasteiger partial charge < -0.3 is 34.3 Å². The number of fused-ring (bicyclic) bond motifs is 1. The minimum Gasteiger partial charge on any atom is -0.504 e. The van der Waals surface area contributed by atoms with E-state index in [2.05, 4.69) is 0 Å². The lowest BCUT2D eigenvalue weighted by Gasteiger charge is -2.26. The third-order valence-corrected chi connectivity index (χ3v) is 4.26. The molecule has 3 N–H and O–H groups in total. The number of phenolic OH excluding ortho intramolecular Hbond substituents is 3. The van der Waals surface area contributed by atoms with Gasteiger partial charge in [0.1, 0.15) is 17.9 Å². The van der Waals surface area contributed by atoms with Gasteiger partial charge in [0.15, 0.2) is 28.8 Å². The molecule has 3 rings (SSSR count). The highest BCUT2D eigenvalue weighted by molar-refractivity contribution is 6.07. The second-order valence-electron chi connectivity index (χ2n) is 5.65. The molecule has 0 fully saturated rings. The molecule has 1 atom stereocenters. The molecule has 2 aromatic carbocycles. The van der Waals surface area contributed by atoms with E-state index in [0.29, 0.717) is 5.56 Å². The fourth-order valence-electron chi connectivity index (χ4n) is 3.00. The molecular weight excluding hydrogens is 344 g/mol. The summed E-state index contributed by atoms with van der Waals surface area (Å²) in [5.74, 6) is -2.00. The highest BCUT2D eigenvalue weighted by Crippen LogP contribution is 2.48. The smallest absolute Gasteiger partial charge is 0.203 e. The van der Waals surface area contributed by atoms with Crippen molar-refractivity contribution in [1.82, 2.24) is 0 Å². The summed E-state index contributed by atoms with van der Waals surface area (Å²) < 4.78 is 20.7. The molecule has 0 saturated heterocycles. The number of aromatic hydroxyl groups is 3. The summed E-state index contributed by atoms with van der Waals surface area (Å²) in [6, 6.07) is 4.16. The predicted molar refractivity (Wildman–Crippen MR) is 90.1 cm³/mol.